The number of rotatable bonds is 4. The molecule has 0 aliphatic carbocycles. The molecule has 0 atom stereocenters. The van der Waals surface area contributed by atoms with Crippen LogP contribution in [0.4, 0.5) is 21.5 Å². The van der Waals surface area contributed by atoms with Crippen LogP contribution >= 0.6 is 0 Å². The Labute approximate surface area is 170 Å². The third kappa shape index (κ3) is 4.64. The number of aromatic nitrogens is 2. The van der Waals surface area contributed by atoms with Gasteiger partial charge in [0.1, 0.15) is 5.69 Å². The molecule has 2 aliphatic heterocycles. The highest BCUT2D eigenvalue weighted by molar-refractivity contribution is 6.04. The number of piperidine rings is 1. The molecule has 0 radical (unpaired) electrons. The van der Waals surface area contributed by atoms with Crippen LogP contribution in [0.3, 0.4) is 0 Å². The molecule has 1 aromatic carbocycles. The summed E-state index contributed by atoms with van der Waals surface area (Å²) in [6.07, 6.45) is 3.86. The van der Waals surface area contributed by atoms with E-state index in [-0.39, 0.29) is 5.69 Å². The van der Waals surface area contributed by atoms with E-state index in [4.69, 9.17) is 0 Å². The number of likely N-dealkylation sites (N-methyl/N-ethyl adjacent to an activating group) is 1. The van der Waals surface area contributed by atoms with Crippen LogP contribution in [0.15, 0.2) is 30.5 Å². The van der Waals surface area contributed by atoms with E-state index in [1.807, 2.05) is 6.07 Å². The second kappa shape index (κ2) is 8.73. The van der Waals surface area contributed by atoms with Gasteiger partial charge in [0.15, 0.2) is 0 Å². The maximum absolute atomic E-state index is 13.3. The van der Waals surface area contributed by atoms with Crippen molar-refractivity contribution in [1.29, 1.82) is 0 Å². The fraction of sp³-hybridized carbons (Fsp3) is 0.476. The molecular formula is C21H27FN6O. The monoisotopic (exact) mass is 398 g/mol. The van der Waals surface area contributed by atoms with Gasteiger partial charge in [0.05, 0.1) is 11.4 Å². The zero-order valence-corrected chi connectivity index (χ0v) is 16.8. The topological polar surface area (TPSA) is 64.6 Å². The highest BCUT2D eigenvalue weighted by Crippen LogP contribution is 2.33. The highest BCUT2D eigenvalue weighted by Gasteiger charge is 2.21. The summed E-state index contributed by atoms with van der Waals surface area (Å²) < 4.78 is 13.3. The summed E-state index contributed by atoms with van der Waals surface area (Å²) in [4.78, 5) is 26.7. The van der Waals surface area contributed by atoms with Crippen molar-refractivity contribution in [2.75, 3.05) is 61.4 Å². The standard InChI is InChI=1S/C21H27FN6O/c1-26-11-13-27(14-12-26)16-5-6-17(19(15-16)28-9-3-2-4-10-28)24-20(29)18-7-8-23-21(22)25-18/h5-8,15H,2-4,9-14H2,1H3,(H,24,29). The van der Waals surface area contributed by atoms with Crippen molar-refractivity contribution in [3.8, 4) is 0 Å². The van der Waals surface area contributed by atoms with Gasteiger partial charge in [-0.25, -0.2) is 4.98 Å². The molecule has 8 heteroatoms. The third-order valence-corrected chi connectivity index (χ3v) is 5.65. The number of carbonyl (C=O) groups is 1. The number of nitrogens with zero attached hydrogens (tertiary/aromatic N) is 5. The van der Waals surface area contributed by atoms with Crippen molar-refractivity contribution >= 4 is 23.0 Å². The van der Waals surface area contributed by atoms with E-state index >= 15 is 0 Å². The first-order chi connectivity index (χ1) is 14.1. The van der Waals surface area contributed by atoms with Crippen LogP contribution in [-0.2, 0) is 0 Å². The summed E-state index contributed by atoms with van der Waals surface area (Å²) in [6.45, 7) is 5.99. The van der Waals surface area contributed by atoms with Crippen LogP contribution < -0.4 is 15.1 Å². The zero-order valence-electron chi connectivity index (χ0n) is 16.8. The maximum atomic E-state index is 13.3. The second-order valence-electron chi connectivity index (χ2n) is 7.70. The van der Waals surface area contributed by atoms with E-state index in [2.05, 4.69) is 49.2 Å². The molecular weight excluding hydrogens is 371 g/mol. The molecule has 2 aliphatic rings. The van der Waals surface area contributed by atoms with Gasteiger partial charge in [0.2, 0.25) is 0 Å². The van der Waals surface area contributed by atoms with Crippen LogP contribution in [0.25, 0.3) is 0 Å². The maximum Gasteiger partial charge on any atom is 0.309 e. The number of benzene rings is 1. The van der Waals surface area contributed by atoms with Crippen molar-refractivity contribution in [2.24, 2.45) is 0 Å². The summed E-state index contributed by atoms with van der Waals surface area (Å²) in [6, 6.07) is 7.59. The molecule has 4 rings (SSSR count). The predicted octanol–water partition coefficient (Wildman–Crippen LogP) is 2.61. The van der Waals surface area contributed by atoms with E-state index in [9.17, 15) is 9.18 Å². The van der Waals surface area contributed by atoms with Crippen LogP contribution in [0.2, 0.25) is 0 Å². The van der Waals surface area contributed by atoms with Crippen molar-refractivity contribution in [3.05, 3.63) is 42.2 Å². The quantitative estimate of drug-likeness (QED) is 0.799. The Balaban J connectivity index is 1.60. The van der Waals surface area contributed by atoms with Crippen molar-refractivity contribution in [1.82, 2.24) is 14.9 Å². The molecule has 2 saturated heterocycles. The van der Waals surface area contributed by atoms with Gasteiger partial charge < -0.3 is 20.0 Å². The minimum Gasteiger partial charge on any atom is -0.370 e. The SMILES string of the molecule is CN1CCN(c2ccc(NC(=O)c3ccnc(F)n3)c(N3CCCCC3)c2)CC1. The first-order valence-corrected chi connectivity index (χ1v) is 10.2. The average Bonchev–Trinajstić information content (AvgIpc) is 2.75. The first kappa shape index (κ1) is 19.6. The number of hydrogen-bond donors (Lipinski definition) is 1. The lowest BCUT2D eigenvalue weighted by atomic mass is 10.1. The van der Waals surface area contributed by atoms with Gasteiger partial charge in [0, 0.05) is 51.2 Å². The van der Waals surface area contributed by atoms with Gasteiger partial charge in [-0.05, 0) is 50.6 Å². The summed E-state index contributed by atoms with van der Waals surface area (Å²) in [5.74, 6) is -0.433. The van der Waals surface area contributed by atoms with Crippen LogP contribution in [0.5, 0.6) is 0 Å². The summed E-state index contributed by atoms with van der Waals surface area (Å²) in [5, 5.41) is 2.92. The molecule has 1 amide bonds. The number of piperazine rings is 1. The molecule has 3 heterocycles. The molecule has 2 aromatic rings. The lowest BCUT2D eigenvalue weighted by Crippen LogP contribution is -2.44. The van der Waals surface area contributed by atoms with E-state index in [1.54, 1.807) is 0 Å². The van der Waals surface area contributed by atoms with Crippen LogP contribution in [-0.4, -0.2) is 67.1 Å². The lowest BCUT2D eigenvalue weighted by molar-refractivity contribution is 0.102. The smallest absolute Gasteiger partial charge is 0.309 e. The number of amides is 1. The third-order valence-electron chi connectivity index (χ3n) is 5.65. The van der Waals surface area contributed by atoms with Crippen LogP contribution in [0, 0.1) is 6.08 Å². The molecule has 0 bridgehead atoms. The fourth-order valence-corrected chi connectivity index (χ4v) is 3.93. The van der Waals surface area contributed by atoms with Crippen molar-refractivity contribution in [2.45, 2.75) is 19.3 Å². The Kier molecular flexibility index (Phi) is 5.89. The number of anilines is 3. The first-order valence-electron chi connectivity index (χ1n) is 10.2. The van der Waals surface area contributed by atoms with E-state index < -0.39 is 12.0 Å². The van der Waals surface area contributed by atoms with Crippen molar-refractivity contribution in [3.63, 3.8) is 0 Å². The van der Waals surface area contributed by atoms with E-state index in [0.29, 0.717) is 0 Å². The average molecular weight is 398 g/mol. The Morgan fingerprint density at radius 2 is 1.76 bits per heavy atom. The van der Waals surface area contributed by atoms with Gasteiger partial charge in [-0.15, -0.1) is 0 Å². The Morgan fingerprint density at radius 3 is 2.48 bits per heavy atom. The minimum atomic E-state index is -0.903. The molecule has 0 unspecified atom stereocenters. The Hall–Kier alpha value is -2.74. The fourth-order valence-electron chi connectivity index (χ4n) is 3.93. The van der Waals surface area contributed by atoms with E-state index in [0.717, 1.165) is 63.5 Å². The van der Waals surface area contributed by atoms with E-state index in [1.165, 1.54) is 24.4 Å². The molecule has 7 nitrogen and oxygen atoms in total. The van der Waals surface area contributed by atoms with Crippen molar-refractivity contribution < 1.29 is 9.18 Å². The lowest BCUT2D eigenvalue weighted by Gasteiger charge is -2.36. The van der Waals surface area contributed by atoms with Gasteiger partial charge in [-0.3, -0.25) is 4.79 Å². The van der Waals surface area contributed by atoms with Crippen LogP contribution in [0.1, 0.15) is 29.8 Å². The summed E-state index contributed by atoms with van der Waals surface area (Å²) >= 11 is 0. The second-order valence-corrected chi connectivity index (χ2v) is 7.70. The number of carbonyl (C=O) groups excluding carboxylic acids is 1. The Morgan fingerprint density at radius 1 is 1.00 bits per heavy atom. The molecule has 1 aromatic heterocycles. The molecule has 29 heavy (non-hydrogen) atoms. The zero-order chi connectivity index (χ0) is 20.2. The minimum absolute atomic E-state index is 0.0187. The van der Waals surface area contributed by atoms with Gasteiger partial charge >= 0.3 is 6.08 Å². The highest BCUT2D eigenvalue weighted by atomic mass is 19.1. The number of hydrogen-bond acceptors (Lipinski definition) is 6. The normalized spacial score (nSPS) is 18.0. The summed E-state index contributed by atoms with van der Waals surface area (Å²) in [5.41, 5.74) is 2.94. The molecule has 2 fully saturated rings. The number of nitrogens with one attached hydrogen (secondary N) is 1. The Bertz CT molecular complexity index is 862. The largest absolute Gasteiger partial charge is 0.370 e. The van der Waals surface area contributed by atoms with Gasteiger partial charge in [-0.1, -0.05) is 0 Å². The molecule has 154 valence electrons. The van der Waals surface area contributed by atoms with Gasteiger partial charge in [0.25, 0.3) is 5.91 Å². The molecule has 1 N–H and O–H groups in total. The molecule has 0 spiro atoms. The predicted molar refractivity (Wildman–Crippen MR) is 112 cm³/mol. The summed E-state index contributed by atoms with van der Waals surface area (Å²) in [7, 11) is 2.14. The van der Waals surface area contributed by atoms with Gasteiger partial charge in [-0.2, -0.15) is 9.37 Å². The number of halogens is 1. The molecule has 0 saturated carbocycles.